The largest absolute Gasteiger partial charge is 0.472 e. The van der Waals surface area contributed by atoms with Crippen LogP contribution < -0.4 is 0 Å². The first-order chi connectivity index (χ1) is 40.5. The molecule has 0 heterocycles. The molecule has 498 valence electrons. The fourth-order valence-corrected chi connectivity index (χ4v) is 11.3. The quantitative estimate of drug-likeness (QED) is 0.0222. The molecule has 84 heavy (non-hydrogen) atoms. The van der Waals surface area contributed by atoms with Crippen LogP contribution in [-0.4, -0.2) is 96.7 Å². The summed E-state index contributed by atoms with van der Waals surface area (Å²) in [6, 6.07) is 0. The molecular weight excluding hydrogens is 1110 g/mol. The molecule has 0 fully saturated rings. The standard InChI is InChI=1S/C65H126O17P2/c1-6-9-12-15-18-21-23-25-27-29-35-40-45-50-64(69)81-61(55-76-63(68)49-44-39-34-28-26-24-22-19-16-13-10-7-2)57-80-84(73,74)78-53-59(66)52-77-83(71,72)79-56-60(54-75-62(67)48-43-38-33-20-17-14-11-8-3)82-65(70)51-46-41-36-31-30-32-37-42-47-58(4)5/h58-61,66H,6-57H2,1-5H3,(H,71,72)(H,73,74)/t59-,60+,61+/m0/s1. The molecule has 0 rings (SSSR count). The summed E-state index contributed by atoms with van der Waals surface area (Å²) in [6.45, 7) is 7.14. The van der Waals surface area contributed by atoms with Gasteiger partial charge in [-0.15, -0.1) is 0 Å². The molecule has 0 saturated heterocycles. The Morgan fingerprint density at radius 1 is 0.321 bits per heavy atom. The van der Waals surface area contributed by atoms with E-state index < -0.39 is 97.5 Å². The Morgan fingerprint density at radius 3 is 0.810 bits per heavy atom. The average Bonchev–Trinajstić information content (AvgIpc) is 3.58. The molecule has 17 nitrogen and oxygen atoms in total. The molecule has 3 N–H and O–H groups in total. The van der Waals surface area contributed by atoms with E-state index in [1.807, 2.05) is 0 Å². The highest BCUT2D eigenvalue weighted by Crippen LogP contribution is 2.45. The van der Waals surface area contributed by atoms with Crippen molar-refractivity contribution in [2.45, 2.75) is 348 Å². The monoisotopic (exact) mass is 1240 g/mol. The number of unbranched alkanes of at least 4 members (excludes halogenated alkanes) is 37. The first-order valence-electron chi connectivity index (χ1n) is 34.1. The molecule has 19 heteroatoms. The number of esters is 4. The summed E-state index contributed by atoms with van der Waals surface area (Å²) in [6.07, 6.45) is 43.0. The summed E-state index contributed by atoms with van der Waals surface area (Å²) < 4.78 is 68.0. The number of hydrogen-bond donors (Lipinski definition) is 3. The summed E-state index contributed by atoms with van der Waals surface area (Å²) in [7, 11) is -9.88. The fraction of sp³-hybridized carbons (Fsp3) is 0.938. The van der Waals surface area contributed by atoms with E-state index in [-0.39, 0.29) is 25.7 Å². The lowest BCUT2D eigenvalue weighted by atomic mass is 10.0. The Balaban J connectivity index is 5.23. The van der Waals surface area contributed by atoms with Gasteiger partial charge in [-0.2, -0.15) is 0 Å². The van der Waals surface area contributed by atoms with Gasteiger partial charge in [0.25, 0.3) is 0 Å². The maximum atomic E-state index is 13.0. The van der Waals surface area contributed by atoms with E-state index >= 15 is 0 Å². The average molecular weight is 1240 g/mol. The van der Waals surface area contributed by atoms with E-state index in [4.69, 9.17) is 37.0 Å². The molecule has 5 atom stereocenters. The third-order valence-electron chi connectivity index (χ3n) is 15.0. The smallest absolute Gasteiger partial charge is 0.462 e. The molecule has 0 spiro atoms. The first kappa shape index (κ1) is 82.1. The zero-order valence-electron chi connectivity index (χ0n) is 54.0. The van der Waals surface area contributed by atoms with Gasteiger partial charge in [-0.25, -0.2) is 9.13 Å². The molecule has 0 aliphatic carbocycles. The van der Waals surface area contributed by atoms with Crippen molar-refractivity contribution in [3.8, 4) is 0 Å². The van der Waals surface area contributed by atoms with Crippen molar-refractivity contribution in [2.24, 2.45) is 5.92 Å². The predicted molar refractivity (Wildman–Crippen MR) is 335 cm³/mol. The predicted octanol–water partition coefficient (Wildman–Crippen LogP) is 18.2. The Hall–Kier alpha value is -1.94. The lowest BCUT2D eigenvalue weighted by Crippen LogP contribution is -2.30. The van der Waals surface area contributed by atoms with Crippen LogP contribution in [0.15, 0.2) is 0 Å². The van der Waals surface area contributed by atoms with Gasteiger partial charge < -0.3 is 33.8 Å². The maximum absolute atomic E-state index is 13.0. The van der Waals surface area contributed by atoms with Gasteiger partial charge in [0.2, 0.25) is 0 Å². The van der Waals surface area contributed by atoms with Gasteiger partial charge >= 0.3 is 39.5 Å². The van der Waals surface area contributed by atoms with E-state index in [9.17, 15) is 43.2 Å². The highest BCUT2D eigenvalue weighted by molar-refractivity contribution is 7.47. The summed E-state index contributed by atoms with van der Waals surface area (Å²) in [5, 5.41) is 10.5. The second-order valence-corrected chi connectivity index (χ2v) is 26.9. The second-order valence-electron chi connectivity index (χ2n) is 24.0. The van der Waals surface area contributed by atoms with E-state index in [2.05, 4.69) is 34.6 Å². The van der Waals surface area contributed by atoms with Gasteiger partial charge in [-0.3, -0.25) is 37.3 Å². The number of carbonyl (C=O) groups is 4. The molecule has 0 amide bonds. The van der Waals surface area contributed by atoms with E-state index in [1.165, 1.54) is 148 Å². The topological polar surface area (TPSA) is 237 Å². The van der Waals surface area contributed by atoms with E-state index in [0.717, 1.165) is 102 Å². The number of phosphoric acid groups is 2. The third kappa shape index (κ3) is 59.0. The van der Waals surface area contributed by atoms with Crippen LogP contribution in [0.4, 0.5) is 0 Å². The van der Waals surface area contributed by atoms with Crippen molar-refractivity contribution in [3.05, 3.63) is 0 Å². The van der Waals surface area contributed by atoms with Gasteiger partial charge in [0.05, 0.1) is 26.4 Å². The van der Waals surface area contributed by atoms with Crippen LogP contribution in [0.2, 0.25) is 0 Å². The van der Waals surface area contributed by atoms with Crippen molar-refractivity contribution >= 4 is 39.5 Å². The zero-order chi connectivity index (χ0) is 62.0. The highest BCUT2D eigenvalue weighted by Gasteiger charge is 2.30. The van der Waals surface area contributed by atoms with Crippen LogP contribution in [0, 0.1) is 5.92 Å². The summed E-state index contributed by atoms with van der Waals surface area (Å²) >= 11 is 0. The van der Waals surface area contributed by atoms with Crippen LogP contribution >= 0.6 is 15.6 Å². The van der Waals surface area contributed by atoms with Gasteiger partial charge in [-0.05, 0) is 31.6 Å². The van der Waals surface area contributed by atoms with Crippen molar-refractivity contribution in [3.63, 3.8) is 0 Å². The number of aliphatic hydroxyl groups excluding tert-OH is 1. The molecule has 0 bridgehead atoms. The minimum Gasteiger partial charge on any atom is -0.462 e. The fourth-order valence-electron chi connectivity index (χ4n) is 9.76. The summed E-state index contributed by atoms with van der Waals surface area (Å²) in [4.78, 5) is 72.2. The highest BCUT2D eigenvalue weighted by atomic mass is 31.2. The minimum absolute atomic E-state index is 0.104. The van der Waals surface area contributed by atoms with Crippen molar-refractivity contribution < 1.29 is 80.2 Å². The summed E-state index contributed by atoms with van der Waals surface area (Å²) in [5.74, 6) is -1.41. The Kier molecular flexibility index (Phi) is 57.4. The number of aliphatic hydroxyl groups is 1. The van der Waals surface area contributed by atoms with Crippen LogP contribution in [0.1, 0.15) is 330 Å². The van der Waals surface area contributed by atoms with Gasteiger partial charge in [0.15, 0.2) is 12.2 Å². The van der Waals surface area contributed by atoms with Crippen LogP contribution in [0.25, 0.3) is 0 Å². The minimum atomic E-state index is -4.94. The Labute approximate surface area is 511 Å². The molecule has 0 aromatic carbocycles. The molecule has 0 aliphatic heterocycles. The van der Waals surface area contributed by atoms with Gasteiger partial charge in [0, 0.05) is 25.7 Å². The molecule has 0 radical (unpaired) electrons. The first-order valence-corrected chi connectivity index (χ1v) is 37.1. The molecule has 2 unspecified atom stereocenters. The maximum Gasteiger partial charge on any atom is 0.472 e. The lowest BCUT2D eigenvalue weighted by Gasteiger charge is -2.21. The molecular formula is C65H126O17P2. The SMILES string of the molecule is CCCCCCCCCCCCCCCC(=O)O[C@H](COC(=O)CCCCCCCCCCCCCC)COP(=O)(O)OC[C@@H](O)COP(=O)(O)OC[C@@H](COC(=O)CCCCCCCCCC)OC(=O)CCCCCCCCCCC(C)C. The van der Waals surface area contributed by atoms with Crippen molar-refractivity contribution in [2.75, 3.05) is 39.6 Å². The van der Waals surface area contributed by atoms with Crippen molar-refractivity contribution in [1.29, 1.82) is 0 Å². The molecule has 0 saturated carbocycles. The number of ether oxygens (including phenoxy) is 4. The number of carbonyl (C=O) groups excluding carboxylic acids is 4. The normalized spacial score (nSPS) is 14.2. The zero-order valence-corrected chi connectivity index (χ0v) is 55.8. The van der Waals surface area contributed by atoms with Crippen LogP contribution in [0.5, 0.6) is 0 Å². The Bertz CT molecular complexity index is 1640. The van der Waals surface area contributed by atoms with Gasteiger partial charge in [-0.1, -0.05) is 279 Å². The number of rotatable bonds is 65. The third-order valence-corrected chi connectivity index (χ3v) is 16.9. The second kappa shape index (κ2) is 58.7. The summed E-state index contributed by atoms with van der Waals surface area (Å²) in [5.41, 5.74) is 0. The lowest BCUT2D eigenvalue weighted by molar-refractivity contribution is -0.161. The molecule has 0 aromatic heterocycles. The van der Waals surface area contributed by atoms with Crippen LogP contribution in [-0.2, 0) is 65.4 Å². The Morgan fingerprint density at radius 2 is 0.548 bits per heavy atom. The molecule has 0 aromatic rings. The van der Waals surface area contributed by atoms with Crippen molar-refractivity contribution in [1.82, 2.24) is 0 Å². The van der Waals surface area contributed by atoms with Gasteiger partial charge in [0.1, 0.15) is 19.3 Å². The van der Waals surface area contributed by atoms with Crippen LogP contribution in [0.3, 0.4) is 0 Å². The van der Waals surface area contributed by atoms with E-state index in [0.29, 0.717) is 25.7 Å². The number of phosphoric ester groups is 2. The number of hydrogen-bond acceptors (Lipinski definition) is 15. The van der Waals surface area contributed by atoms with E-state index in [1.54, 1.807) is 0 Å². The molecule has 0 aliphatic rings.